The molecule has 0 radical (unpaired) electrons. The van der Waals surface area contributed by atoms with E-state index in [1.807, 2.05) is 0 Å². The number of allylic oxidation sites excluding steroid dienone is 2. The Morgan fingerprint density at radius 1 is 0.657 bits per heavy atom. The van der Waals surface area contributed by atoms with Crippen LogP contribution in [-0.4, -0.2) is 0 Å². The van der Waals surface area contributed by atoms with Crippen molar-refractivity contribution < 1.29 is 0 Å². The lowest BCUT2D eigenvalue weighted by atomic mass is 9.76. The Bertz CT molecular complexity index is 919. The molecule has 2 aromatic rings. The van der Waals surface area contributed by atoms with E-state index in [0.29, 0.717) is 35.5 Å². The third-order valence-corrected chi connectivity index (χ3v) is 8.57. The summed E-state index contributed by atoms with van der Waals surface area (Å²) in [5.74, 6) is 4.36. The van der Waals surface area contributed by atoms with Gasteiger partial charge in [-0.25, -0.2) is 0 Å². The first kappa shape index (κ1) is 27.8. The van der Waals surface area contributed by atoms with Crippen molar-refractivity contribution in [3.8, 4) is 0 Å². The molecule has 0 N–H and O–H groups in total. The lowest BCUT2D eigenvalue weighted by Crippen LogP contribution is -2.14. The fourth-order valence-electron chi connectivity index (χ4n) is 6.46. The number of hydrogen-bond acceptors (Lipinski definition) is 0. The Balaban J connectivity index is 1.74. The zero-order chi connectivity index (χ0) is 25.7. The summed E-state index contributed by atoms with van der Waals surface area (Å²) in [4.78, 5) is 0. The Labute approximate surface area is 217 Å². The minimum Gasteiger partial charge on any atom is -0.0880 e. The first-order chi connectivity index (χ1) is 16.6. The molecular weight excluding hydrogens is 420 g/mol. The molecule has 35 heavy (non-hydrogen) atoms. The van der Waals surface area contributed by atoms with E-state index >= 15 is 0 Å². The fraction of sp³-hybridized carbons (Fsp3) is 0.600. The second kappa shape index (κ2) is 12.4. The molecule has 0 heteroatoms. The van der Waals surface area contributed by atoms with Gasteiger partial charge >= 0.3 is 0 Å². The lowest BCUT2D eigenvalue weighted by Gasteiger charge is -2.29. The van der Waals surface area contributed by atoms with Gasteiger partial charge in [-0.3, -0.25) is 0 Å². The quantitative estimate of drug-likeness (QED) is 0.318. The summed E-state index contributed by atoms with van der Waals surface area (Å²) in [7, 11) is 0. The SMILES string of the molecule is CC(C)c1cccc(C(C)C)c1CCC1CC=CC(C(C)c2c(C(C)C)cccc2C(C)C)CC1. The molecule has 1 aliphatic rings. The first-order valence-corrected chi connectivity index (χ1v) is 14.5. The van der Waals surface area contributed by atoms with Gasteiger partial charge < -0.3 is 0 Å². The smallest absolute Gasteiger partial charge is 0.0122 e. The van der Waals surface area contributed by atoms with Crippen LogP contribution < -0.4 is 0 Å². The molecule has 192 valence electrons. The van der Waals surface area contributed by atoms with Crippen LogP contribution in [0.2, 0.25) is 0 Å². The Hall–Kier alpha value is -1.82. The van der Waals surface area contributed by atoms with Crippen LogP contribution >= 0.6 is 0 Å². The molecule has 0 spiro atoms. The number of rotatable bonds is 9. The minimum absolute atomic E-state index is 0.574. The number of hydrogen-bond donors (Lipinski definition) is 0. The first-order valence-electron chi connectivity index (χ1n) is 14.5. The van der Waals surface area contributed by atoms with Crippen molar-refractivity contribution in [1.29, 1.82) is 0 Å². The summed E-state index contributed by atoms with van der Waals surface area (Å²) < 4.78 is 0. The standard InChI is InChI=1S/C35H52/c1-23(2)30-15-11-16-31(24(3)4)34(30)22-20-28-13-10-14-29(21-19-28)27(9)35-32(25(5)6)17-12-18-33(35)26(7)8/h10-12,14-18,23-29H,13,19-22H2,1-9H3. The van der Waals surface area contributed by atoms with Crippen molar-refractivity contribution in [1.82, 2.24) is 0 Å². The Morgan fingerprint density at radius 2 is 1.14 bits per heavy atom. The van der Waals surface area contributed by atoms with Crippen LogP contribution in [0.5, 0.6) is 0 Å². The molecule has 0 saturated heterocycles. The second-order valence-electron chi connectivity index (χ2n) is 12.5. The van der Waals surface area contributed by atoms with Gasteiger partial charge in [-0.15, -0.1) is 0 Å². The predicted octanol–water partition coefficient (Wildman–Crippen LogP) is 10.9. The van der Waals surface area contributed by atoms with Crippen molar-refractivity contribution in [3.63, 3.8) is 0 Å². The fourth-order valence-corrected chi connectivity index (χ4v) is 6.46. The van der Waals surface area contributed by atoms with E-state index in [2.05, 4.69) is 111 Å². The van der Waals surface area contributed by atoms with Crippen molar-refractivity contribution in [3.05, 3.63) is 81.9 Å². The zero-order valence-corrected chi connectivity index (χ0v) is 24.2. The highest BCUT2D eigenvalue weighted by atomic mass is 14.3. The predicted molar refractivity (Wildman–Crippen MR) is 156 cm³/mol. The summed E-state index contributed by atoms with van der Waals surface area (Å²) in [5, 5.41) is 0. The highest BCUT2D eigenvalue weighted by Gasteiger charge is 2.26. The van der Waals surface area contributed by atoms with Gasteiger partial charge in [-0.05, 0) is 107 Å². The third kappa shape index (κ3) is 6.69. The molecule has 3 unspecified atom stereocenters. The van der Waals surface area contributed by atoms with Gasteiger partial charge in [0.15, 0.2) is 0 Å². The van der Waals surface area contributed by atoms with Gasteiger partial charge in [0, 0.05) is 0 Å². The maximum absolute atomic E-state index is 2.58. The van der Waals surface area contributed by atoms with Gasteiger partial charge in [0.1, 0.15) is 0 Å². The van der Waals surface area contributed by atoms with Crippen LogP contribution in [0.25, 0.3) is 0 Å². The molecule has 0 amide bonds. The molecule has 2 aromatic carbocycles. The van der Waals surface area contributed by atoms with Crippen molar-refractivity contribution in [2.45, 2.75) is 124 Å². The van der Waals surface area contributed by atoms with E-state index in [4.69, 9.17) is 0 Å². The topological polar surface area (TPSA) is 0 Å². The second-order valence-corrected chi connectivity index (χ2v) is 12.5. The summed E-state index contributed by atoms with van der Waals surface area (Å²) in [6.07, 6.45) is 11.6. The van der Waals surface area contributed by atoms with Crippen LogP contribution in [0.1, 0.15) is 151 Å². The summed E-state index contributed by atoms with van der Waals surface area (Å²) >= 11 is 0. The largest absolute Gasteiger partial charge is 0.0880 e. The van der Waals surface area contributed by atoms with E-state index in [0.717, 1.165) is 5.92 Å². The van der Waals surface area contributed by atoms with Gasteiger partial charge in [0.2, 0.25) is 0 Å². The average Bonchev–Trinajstić information content (AvgIpc) is 3.07. The molecule has 3 atom stereocenters. The normalized spacial score (nSPS) is 19.7. The molecule has 0 bridgehead atoms. The van der Waals surface area contributed by atoms with Crippen molar-refractivity contribution in [2.24, 2.45) is 11.8 Å². The lowest BCUT2D eigenvalue weighted by molar-refractivity contribution is 0.398. The molecule has 1 aliphatic carbocycles. The highest BCUT2D eigenvalue weighted by molar-refractivity contribution is 5.42. The van der Waals surface area contributed by atoms with E-state index in [-0.39, 0.29) is 0 Å². The van der Waals surface area contributed by atoms with E-state index in [1.54, 1.807) is 33.4 Å². The van der Waals surface area contributed by atoms with E-state index in [1.165, 1.54) is 32.1 Å². The van der Waals surface area contributed by atoms with Gasteiger partial charge in [0.25, 0.3) is 0 Å². The maximum Gasteiger partial charge on any atom is -0.0122 e. The Morgan fingerprint density at radius 3 is 1.63 bits per heavy atom. The Kier molecular flexibility index (Phi) is 9.86. The molecule has 0 aromatic heterocycles. The van der Waals surface area contributed by atoms with Gasteiger partial charge in [-0.1, -0.05) is 111 Å². The molecule has 3 rings (SSSR count). The molecule has 0 nitrogen and oxygen atoms in total. The third-order valence-electron chi connectivity index (χ3n) is 8.57. The van der Waals surface area contributed by atoms with Crippen LogP contribution in [-0.2, 0) is 6.42 Å². The molecule has 0 heterocycles. The summed E-state index contributed by atoms with van der Waals surface area (Å²) in [6, 6.07) is 14.0. The van der Waals surface area contributed by atoms with Gasteiger partial charge in [-0.2, -0.15) is 0 Å². The van der Waals surface area contributed by atoms with Crippen molar-refractivity contribution >= 4 is 0 Å². The number of benzene rings is 2. The summed E-state index contributed by atoms with van der Waals surface area (Å²) in [6.45, 7) is 21.3. The van der Waals surface area contributed by atoms with Crippen LogP contribution in [0.3, 0.4) is 0 Å². The molecule has 0 saturated carbocycles. The highest BCUT2D eigenvalue weighted by Crippen LogP contribution is 2.41. The van der Waals surface area contributed by atoms with E-state index in [9.17, 15) is 0 Å². The van der Waals surface area contributed by atoms with Gasteiger partial charge in [0.05, 0.1) is 0 Å². The van der Waals surface area contributed by atoms with E-state index < -0.39 is 0 Å². The van der Waals surface area contributed by atoms with Crippen LogP contribution in [0.4, 0.5) is 0 Å². The molecule has 0 aliphatic heterocycles. The maximum atomic E-state index is 2.58. The summed E-state index contributed by atoms with van der Waals surface area (Å²) in [5.41, 5.74) is 9.53. The molecule has 0 fully saturated rings. The average molecular weight is 473 g/mol. The van der Waals surface area contributed by atoms with Crippen LogP contribution in [0, 0.1) is 11.8 Å². The zero-order valence-electron chi connectivity index (χ0n) is 24.2. The minimum atomic E-state index is 0.574. The molecular formula is C35H52. The monoisotopic (exact) mass is 472 g/mol. The van der Waals surface area contributed by atoms with Crippen molar-refractivity contribution in [2.75, 3.05) is 0 Å². The van der Waals surface area contributed by atoms with Crippen LogP contribution in [0.15, 0.2) is 48.6 Å².